The molecule has 2 rings (SSSR count). The minimum atomic E-state index is -1.64. The van der Waals surface area contributed by atoms with E-state index in [-0.39, 0.29) is 55.8 Å². The molecule has 0 unspecified atom stereocenters. The molecule has 91 heavy (non-hydrogen) atoms. The SMILES string of the molecule is CC[C@H]1NC(=O)[C@@H]([C@H](O)[C@H](C)CCCc2nccn2C)N(C)C(=O)[C@@H](C(C)C)N(C)C(=O)[C@@H](CC(C)C)N(C)C(=O)[C@@H](CC(C)C)N(C)C(=O)[C@H](C)NC(=O)[C@@H](C)NC(=O)[C@@H](CC(C)C)N(C)C(=O)[C@@H](C(C)C)NC(=O)[C@H](CC(C)C)N(C)C(=O)[C@@H](C)N(C)C1=O. The molecule has 1 aromatic rings. The fourth-order valence-electron chi connectivity index (χ4n) is 11.8. The molecule has 0 radical (unpaired) electrons. The number of aliphatic hydroxyl groups excluding tert-OH is 1. The molecular formula is C66H117N13O12. The van der Waals surface area contributed by atoms with Crippen molar-refractivity contribution in [3.05, 3.63) is 18.2 Å². The number of nitrogens with one attached hydrogen (secondary N) is 4. The molecule has 0 bridgehead atoms. The van der Waals surface area contributed by atoms with E-state index in [0.29, 0.717) is 19.3 Å². The second-order valence-electron chi connectivity index (χ2n) is 28.0. The Morgan fingerprint density at radius 3 is 1.33 bits per heavy atom. The number of aliphatic hydroxyl groups is 1. The van der Waals surface area contributed by atoms with Gasteiger partial charge in [0.15, 0.2) is 0 Å². The average molecular weight is 1280 g/mol. The summed E-state index contributed by atoms with van der Waals surface area (Å²) in [6.07, 6.45) is 4.06. The summed E-state index contributed by atoms with van der Waals surface area (Å²) in [7, 11) is 11.9. The van der Waals surface area contributed by atoms with Crippen molar-refractivity contribution in [1.82, 2.24) is 65.1 Å². The number of nitrogens with zero attached hydrogens (tertiary/aromatic N) is 9. The van der Waals surface area contributed by atoms with Gasteiger partial charge in [0.1, 0.15) is 72.3 Å². The van der Waals surface area contributed by atoms with Gasteiger partial charge in [-0.15, -0.1) is 0 Å². The molecular weight excluding hydrogens is 1170 g/mol. The van der Waals surface area contributed by atoms with Gasteiger partial charge in [-0.3, -0.25) is 52.7 Å². The summed E-state index contributed by atoms with van der Waals surface area (Å²) in [5.74, 6) is -9.02. The zero-order chi connectivity index (χ0) is 70.1. The first-order valence-electron chi connectivity index (χ1n) is 32.8. The lowest BCUT2D eigenvalue weighted by Crippen LogP contribution is -2.64. The van der Waals surface area contributed by atoms with Gasteiger partial charge in [0.05, 0.1) is 6.10 Å². The molecule has 518 valence electrons. The highest BCUT2D eigenvalue weighted by Gasteiger charge is 2.46. The molecule has 1 aliphatic heterocycles. The molecule has 0 aromatic carbocycles. The monoisotopic (exact) mass is 1280 g/mol. The Kier molecular flexibility index (Phi) is 31.8. The van der Waals surface area contributed by atoms with Gasteiger partial charge in [0.2, 0.25) is 65.0 Å². The van der Waals surface area contributed by atoms with Crippen LogP contribution in [0.15, 0.2) is 12.4 Å². The molecule has 1 saturated heterocycles. The Morgan fingerprint density at radius 1 is 0.451 bits per heavy atom. The van der Waals surface area contributed by atoms with Gasteiger partial charge in [-0.1, -0.05) is 96.9 Å². The normalized spacial score (nSPS) is 26.7. The molecule has 1 fully saturated rings. The number of hydrogen-bond acceptors (Lipinski definition) is 13. The fraction of sp³-hybridized carbons (Fsp3) is 0.788. The van der Waals surface area contributed by atoms with E-state index in [0.717, 1.165) is 15.6 Å². The minimum absolute atomic E-state index is 0.00681. The Labute approximate surface area is 543 Å². The molecule has 25 heteroatoms. The summed E-state index contributed by atoms with van der Waals surface area (Å²) in [5.41, 5.74) is 0. The van der Waals surface area contributed by atoms with E-state index < -0.39 is 155 Å². The Balaban J connectivity index is 3.01. The first kappa shape index (κ1) is 80.4. The van der Waals surface area contributed by atoms with Gasteiger partial charge in [-0.2, -0.15) is 0 Å². The molecule has 13 atom stereocenters. The predicted octanol–water partition coefficient (Wildman–Crippen LogP) is 3.45. The Bertz CT molecular complexity index is 2640. The highest BCUT2D eigenvalue weighted by Crippen LogP contribution is 2.26. The van der Waals surface area contributed by atoms with Crippen LogP contribution in [0.3, 0.4) is 0 Å². The second-order valence-corrected chi connectivity index (χ2v) is 28.0. The predicted molar refractivity (Wildman–Crippen MR) is 350 cm³/mol. The Hall–Kier alpha value is -6.66. The smallest absolute Gasteiger partial charge is 0.246 e. The third-order valence-electron chi connectivity index (χ3n) is 17.8. The molecule has 0 aliphatic carbocycles. The molecule has 1 aliphatic rings. The zero-order valence-corrected chi connectivity index (χ0v) is 59.7. The Morgan fingerprint density at radius 2 is 0.879 bits per heavy atom. The molecule has 2 heterocycles. The lowest BCUT2D eigenvalue weighted by molar-refractivity contribution is -0.157. The number of aryl methyl sites for hydroxylation is 2. The number of amides is 11. The van der Waals surface area contributed by atoms with Crippen molar-refractivity contribution in [3.63, 3.8) is 0 Å². The van der Waals surface area contributed by atoms with E-state index in [9.17, 15) is 38.7 Å². The van der Waals surface area contributed by atoms with E-state index >= 15 is 19.2 Å². The van der Waals surface area contributed by atoms with Crippen LogP contribution in [0.1, 0.15) is 168 Å². The van der Waals surface area contributed by atoms with Crippen molar-refractivity contribution < 1.29 is 57.8 Å². The molecule has 25 nitrogen and oxygen atoms in total. The maximum Gasteiger partial charge on any atom is 0.246 e. The van der Waals surface area contributed by atoms with E-state index in [1.54, 1.807) is 47.7 Å². The van der Waals surface area contributed by atoms with E-state index in [1.807, 2.05) is 73.2 Å². The lowest BCUT2D eigenvalue weighted by atomic mass is 9.90. The number of aromatic nitrogens is 2. The number of imidazole rings is 1. The zero-order valence-electron chi connectivity index (χ0n) is 59.7. The van der Waals surface area contributed by atoms with Gasteiger partial charge in [-0.25, -0.2) is 4.98 Å². The third kappa shape index (κ3) is 21.7. The number of carbonyl (C=O) groups is 11. The number of rotatable bonds is 17. The highest BCUT2D eigenvalue weighted by molar-refractivity contribution is 6.00. The van der Waals surface area contributed by atoms with Crippen LogP contribution < -0.4 is 21.3 Å². The molecule has 1 aromatic heterocycles. The largest absolute Gasteiger partial charge is 0.390 e. The molecule has 5 N–H and O–H groups in total. The van der Waals surface area contributed by atoms with Crippen molar-refractivity contribution in [2.45, 2.75) is 242 Å². The maximum absolute atomic E-state index is 15.4. The van der Waals surface area contributed by atoms with Crippen molar-refractivity contribution in [3.8, 4) is 0 Å². The number of likely N-dealkylation sites (N-methyl/N-ethyl adjacent to an activating group) is 7. The summed E-state index contributed by atoms with van der Waals surface area (Å²) in [4.78, 5) is 175. The van der Waals surface area contributed by atoms with Crippen molar-refractivity contribution >= 4 is 65.0 Å². The number of hydrogen-bond donors (Lipinski definition) is 5. The standard InChI is InChI=1S/C66H117N13O12/c1-26-46-62(87)73(19)45(17)61(86)74(20)48(33-37(4)5)58(83)71-52(40(10)11)65(90)75(21)47(32-36(2)3)57(82)68-43(15)56(81)69-44(16)60(85)76(22)49(34-38(6)7)63(88)77(23)50(35-39(8)9)64(89)78(24)53(41(12)13)66(91)79(25)54(59(84)70-46)55(80)42(14)28-27-29-51-67-30-31-72(51)18/h30-31,36-50,52-55,80H,26-29,32-35H2,1-25H3,(H,68,82)(H,69,81)(H,70,84)(H,71,83)/t42-,43-,44+,45-,46-,47-,48+,49-,50-,52-,53-,54-,55-/m1/s1. The maximum atomic E-state index is 15.4. The fourth-order valence-corrected chi connectivity index (χ4v) is 11.8. The minimum Gasteiger partial charge on any atom is -0.390 e. The number of carbonyl (C=O) groups excluding carboxylic acids is 11. The highest BCUT2D eigenvalue weighted by atomic mass is 16.3. The summed E-state index contributed by atoms with van der Waals surface area (Å²) in [5, 5.41) is 23.5. The summed E-state index contributed by atoms with van der Waals surface area (Å²) >= 11 is 0. The van der Waals surface area contributed by atoms with Crippen LogP contribution in [-0.2, 0) is 66.2 Å². The van der Waals surface area contributed by atoms with Gasteiger partial charge in [0, 0.05) is 75.2 Å². The summed E-state index contributed by atoms with van der Waals surface area (Å²) in [6.45, 7) is 29.7. The third-order valence-corrected chi connectivity index (χ3v) is 17.8. The van der Waals surface area contributed by atoms with Gasteiger partial charge in [0.25, 0.3) is 0 Å². The van der Waals surface area contributed by atoms with Crippen LogP contribution >= 0.6 is 0 Å². The summed E-state index contributed by atoms with van der Waals surface area (Å²) in [6, 6.07) is -13.7. The van der Waals surface area contributed by atoms with Crippen molar-refractivity contribution in [2.24, 2.45) is 48.5 Å². The second kappa shape index (κ2) is 36.0. The molecule has 11 amide bonds. The van der Waals surface area contributed by atoms with Gasteiger partial charge < -0.3 is 65.2 Å². The lowest BCUT2D eigenvalue weighted by Gasteiger charge is -2.41. The van der Waals surface area contributed by atoms with Crippen LogP contribution in [0, 0.1) is 41.4 Å². The van der Waals surface area contributed by atoms with Crippen LogP contribution in [-0.4, -0.2) is 236 Å². The van der Waals surface area contributed by atoms with Gasteiger partial charge in [-0.05, 0) is 107 Å². The van der Waals surface area contributed by atoms with Gasteiger partial charge >= 0.3 is 0 Å². The molecule has 0 spiro atoms. The van der Waals surface area contributed by atoms with E-state index in [2.05, 4.69) is 26.3 Å². The van der Waals surface area contributed by atoms with Crippen LogP contribution in [0.2, 0.25) is 0 Å². The summed E-state index contributed by atoms with van der Waals surface area (Å²) < 4.78 is 1.88. The topological polar surface area (TPSA) is 297 Å². The first-order chi connectivity index (χ1) is 42.1. The van der Waals surface area contributed by atoms with Crippen LogP contribution in [0.5, 0.6) is 0 Å². The van der Waals surface area contributed by atoms with Crippen molar-refractivity contribution in [1.29, 1.82) is 0 Å². The first-order valence-corrected chi connectivity index (χ1v) is 32.8. The van der Waals surface area contributed by atoms with Crippen LogP contribution in [0.25, 0.3) is 0 Å². The van der Waals surface area contributed by atoms with E-state index in [4.69, 9.17) is 0 Å². The quantitative estimate of drug-likeness (QED) is 0.150. The van der Waals surface area contributed by atoms with Crippen LogP contribution in [0.4, 0.5) is 0 Å². The molecule has 0 saturated carbocycles. The van der Waals surface area contributed by atoms with Crippen molar-refractivity contribution in [2.75, 3.05) is 49.3 Å². The average Bonchev–Trinajstić information content (AvgIpc) is 1.19. The van der Waals surface area contributed by atoms with E-state index in [1.165, 1.54) is 94.6 Å².